The largest absolute Gasteiger partial charge is 0.491 e. The minimum absolute atomic E-state index is 0.0552. The Balaban J connectivity index is 1.51. The molecular weight excluding hydrogens is 430 g/mol. The van der Waals surface area contributed by atoms with Gasteiger partial charge in [-0.05, 0) is 51.0 Å². The number of nitrogens with one attached hydrogen (secondary N) is 1. The first-order valence-corrected chi connectivity index (χ1v) is 12.0. The van der Waals surface area contributed by atoms with Gasteiger partial charge < -0.3 is 23.9 Å². The average molecular weight is 466 g/mol. The molecule has 178 valence electrons. The minimum atomic E-state index is 0.0552. The highest BCUT2D eigenvalue weighted by Gasteiger charge is 2.10. The Labute approximate surface area is 194 Å². The molecule has 1 amide bonds. The van der Waals surface area contributed by atoms with E-state index in [4.69, 9.17) is 18.6 Å². The van der Waals surface area contributed by atoms with Crippen LogP contribution in [-0.4, -0.2) is 60.4 Å². The van der Waals surface area contributed by atoms with E-state index in [1.54, 1.807) is 0 Å². The molecule has 0 aliphatic rings. The van der Waals surface area contributed by atoms with Gasteiger partial charge in [0, 0.05) is 37.0 Å². The molecule has 0 bridgehead atoms. The maximum absolute atomic E-state index is 11.7. The van der Waals surface area contributed by atoms with Crippen molar-refractivity contribution < 1.29 is 23.4 Å². The molecule has 0 saturated heterocycles. The van der Waals surface area contributed by atoms with E-state index in [1.807, 2.05) is 38.1 Å². The van der Waals surface area contributed by atoms with Crippen molar-refractivity contribution in [2.45, 2.75) is 63.5 Å². The fourth-order valence-electron chi connectivity index (χ4n) is 2.63. The molecule has 1 aromatic carbocycles. The lowest BCUT2D eigenvalue weighted by molar-refractivity contribution is -0.121. The zero-order valence-corrected chi connectivity index (χ0v) is 20.3. The lowest BCUT2D eigenvalue weighted by Crippen LogP contribution is -2.25. The molecule has 0 unspecified atom stereocenters. The smallest absolute Gasteiger partial charge is 0.277 e. The maximum Gasteiger partial charge on any atom is 0.277 e. The van der Waals surface area contributed by atoms with Gasteiger partial charge in [0.15, 0.2) is 0 Å². The van der Waals surface area contributed by atoms with Crippen LogP contribution in [-0.2, 0) is 14.3 Å². The summed E-state index contributed by atoms with van der Waals surface area (Å²) in [5.74, 6) is 1.31. The number of carbonyl (C=O) groups is 1. The number of carbonyl (C=O) groups excluding carboxylic acids is 1. The van der Waals surface area contributed by atoms with Crippen molar-refractivity contribution in [3.63, 3.8) is 0 Å². The van der Waals surface area contributed by atoms with Crippen LogP contribution in [0.5, 0.6) is 5.75 Å². The third-order valence-corrected chi connectivity index (χ3v) is 4.97. The van der Waals surface area contributed by atoms with Crippen LogP contribution in [0.3, 0.4) is 0 Å². The number of nitrogens with zero attached hydrogens (tertiary/aromatic N) is 2. The lowest BCUT2D eigenvalue weighted by Gasteiger charge is -2.09. The summed E-state index contributed by atoms with van der Waals surface area (Å²) in [6, 6.07) is 7.53. The first-order valence-electron chi connectivity index (χ1n) is 11.1. The molecule has 0 spiro atoms. The molecule has 0 radical (unpaired) electrons. The van der Waals surface area contributed by atoms with Crippen molar-refractivity contribution in [1.82, 2.24) is 15.5 Å². The van der Waals surface area contributed by atoms with Crippen LogP contribution < -0.4 is 10.1 Å². The van der Waals surface area contributed by atoms with Gasteiger partial charge in [0.2, 0.25) is 11.8 Å². The van der Waals surface area contributed by atoms with Crippen LogP contribution in [0.25, 0.3) is 11.5 Å². The molecule has 2 aromatic rings. The molecule has 8 nitrogen and oxygen atoms in total. The summed E-state index contributed by atoms with van der Waals surface area (Å²) in [5.41, 5.74) is 0.853. The van der Waals surface area contributed by atoms with Crippen molar-refractivity contribution in [3.8, 4) is 17.2 Å². The molecule has 1 heterocycles. The van der Waals surface area contributed by atoms with Crippen molar-refractivity contribution in [1.29, 1.82) is 0 Å². The quantitative estimate of drug-likeness (QED) is 0.289. The standard InChI is InChI=1S/C23H35N3O5S/c1-17(2)29-14-5-7-21(27)24-12-6-13-28-15-16-30-20-10-8-19(9-11-20)22-25-26-23(31-22)32-18(3)4/h8-11,17-18H,5-7,12-16H2,1-4H3,(H,24,27). The minimum Gasteiger partial charge on any atom is -0.491 e. The van der Waals surface area contributed by atoms with Crippen LogP contribution in [0, 0.1) is 0 Å². The molecule has 0 aliphatic heterocycles. The molecule has 1 N–H and O–H groups in total. The van der Waals surface area contributed by atoms with Crippen molar-refractivity contribution >= 4 is 17.7 Å². The Morgan fingerprint density at radius 2 is 1.81 bits per heavy atom. The Hall–Kier alpha value is -2.10. The van der Waals surface area contributed by atoms with Gasteiger partial charge in [0.1, 0.15) is 12.4 Å². The summed E-state index contributed by atoms with van der Waals surface area (Å²) >= 11 is 1.54. The second-order valence-electron chi connectivity index (χ2n) is 7.75. The van der Waals surface area contributed by atoms with E-state index in [0.717, 1.165) is 24.2 Å². The van der Waals surface area contributed by atoms with E-state index in [0.29, 0.717) is 55.8 Å². The summed E-state index contributed by atoms with van der Waals surface area (Å²) in [6.07, 6.45) is 2.21. The highest BCUT2D eigenvalue weighted by atomic mass is 32.2. The van der Waals surface area contributed by atoms with E-state index in [9.17, 15) is 4.79 Å². The molecule has 0 atom stereocenters. The van der Waals surface area contributed by atoms with Crippen molar-refractivity contribution in [2.24, 2.45) is 0 Å². The summed E-state index contributed by atoms with van der Waals surface area (Å²) in [4.78, 5) is 11.7. The van der Waals surface area contributed by atoms with Gasteiger partial charge in [0.05, 0.1) is 12.7 Å². The monoisotopic (exact) mass is 465 g/mol. The molecular formula is C23H35N3O5S. The SMILES string of the molecule is CC(C)OCCCC(=O)NCCCOCCOc1ccc(-c2nnc(SC(C)C)o2)cc1. The number of benzene rings is 1. The first-order chi connectivity index (χ1) is 15.4. The molecule has 9 heteroatoms. The van der Waals surface area contributed by atoms with E-state index in [1.165, 1.54) is 11.8 Å². The lowest BCUT2D eigenvalue weighted by atomic mass is 10.2. The Kier molecular flexibility index (Phi) is 12.2. The topological polar surface area (TPSA) is 95.7 Å². The number of rotatable bonds is 16. The van der Waals surface area contributed by atoms with Crippen LogP contribution in [0.2, 0.25) is 0 Å². The molecule has 32 heavy (non-hydrogen) atoms. The van der Waals surface area contributed by atoms with Gasteiger partial charge >= 0.3 is 0 Å². The fourth-order valence-corrected chi connectivity index (χ4v) is 3.25. The summed E-state index contributed by atoms with van der Waals surface area (Å²) < 4.78 is 22.3. The third kappa shape index (κ3) is 11.0. The summed E-state index contributed by atoms with van der Waals surface area (Å²) in [6.45, 7) is 10.9. The highest BCUT2D eigenvalue weighted by Crippen LogP contribution is 2.26. The van der Waals surface area contributed by atoms with Crippen LogP contribution in [0.4, 0.5) is 0 Å². The fraction of sp³-hybridized carbons (Fsp3) is 0.609. The zero-order chi connectivity index (χ0) is 23.2. The van der Waals surface area contributed by atoms with Gasteiger partial charge in [-0.2, -0.15) is 0 Å². The molecule has 0 saturated carbocycles. The predicted octanol–water partition coefficient (Wildman–Crippen LogP) is 4.34. The number of aromatic nitrogens is 2. The predicted molar refractivity (Wildman–Crippen MR) is 125 cm³/mol. The summed E-state index contributed by atoms with van der Waals surface area (Å²) in [7, 11) is 0. The Morgan fingerprint density at radius 1 is 1.03 bits per heavy atom. The highest BCUT2D eigenvalue weighted by molar-refractivity contribution is 7.99. The van der Waals surface area contributed by atoms with E-state index in [-0.39, 0.29) is 12.0 Å². The average Bonchev–Trinajstić information content (AvgIpc) is 3.21. The van der Waals surface area contributed by atoms with Crippen molar-refractivity contribution in [2.75, 3.05) is 33.0 Å². The maximum atomic E-state index is 11.7. The molecule has 1 aromatic heterocycles. The van der Waals surface area contributed by atoms with Crippen molar-refractivity contribution in [3.05, 3.63) is 24.3 Å². The number of hydrogen-bond acceptors (Lipinski definition) is 8. The van der Waals surface area contributed by atoms with Crippen LogP contribution in [0.15, 0.2) is 33.9 Å². The van der Waals surface area contributed by atoms with E-state index >= 15 is 0 Å². The van der Waals surface area contributed by atoms with Gasteiger partial charge in [-0.3, -0.25) is 4.79 Å². The second-order valence-corrected chi connectivity index (χ2v) is 9.28. The van der Waals surface area contributed by atoms with Crippen LogP contribution >= 0.6 is 11.8 Å². The normalized spacial score (nSPS) is 11.3. The second kappa shape index (κ2) is 14.9. The zero-order valence-electron chi connectivity index (χ0n) is 19.5. The first kappa shape index (κ1) is 26.2. The number of amides is 1. The Bertz CT molecular complexity index is 780. The van der Waals surface area contributed by atoms with Gasteiger partial charge in [0.25, 0.3) is 5.22 Å². The molecule has 0 fully saturated rings. The Morgan fingerprint density at radius 3 is 2.53 bits per heavy atom. The van der Waals surface area contributed by atoms with Crippen LogP contribution in [0.1, 0.15) is 47.0 Å². The molecule has 2 rings (SSSR count). The molecule has 0 aliphatic carbocycles. The number of hydrogen-bond donors (Lipinski definition) is 1. The number of thioether (sulfide) groups is 1. The van der Waals surface area contributed by atoms with Gasteiger partial charge in [-0.1, -0.05) is 25.6 Å². The van der Waals surface area contributed by atoms with Gasteiger partial charge in [-0.15, -0.1) is 10.2 Å². The number of ether oxygens (including phenoxy) is 3. The third-order valence-electron chi connectivity index (χ3n) is 4.13. The summed E-state index contributed by atoms with van der Waals surface area (Å²) in [5, 5.41) is 12.0. The van der Waals surface area contributed by atoms with E-state index in [2.05, 4.69) is 29.4 Å². The van der Waals surface area contributed by atoms with Gasteiger partial charge in [-0.25, -0.2) is 0 Å². The van der Waals surface area contributed by atoms with E-state index < -0.39 is 0 Å².